The molecule has 0 aromatic heterocycles. The molecule has 0 bridgehead atoms. The minimum absolute atomic E-state index is 0.0354. The van der Waals surface area contributed by atoms with Gasteiger partial charge in [0.15, 0.2) is 5.96 Å². The van der Waals surface area contributed by atoms with Gasteiger partial charge in [0.2, 0.25) is 5.91 Å². The number of piperidine rings is 1. The quantitative estimate of drug-likeness (QED) is 0.615. The molecular formula is C19H27ClN4OS. The molecular weight excluding hydrogens is 368 g/mol. The molecule has 1 amide bonds. The Balaban J connectivity index is 1.53. The van der Waals surface area contributed by atoms with E-state index in [-0.39, 0.29) is 12.5 Å². The van der Waals surface area contributed by atoms with Crippen LogP contribution in [0.1, 0.15) is 25.7 Å². The Morgan fingerprint density at radius 3 is 2.46 bits per heavy atom. The van der Waals surface area contributed by atoms with Crippen molar-refractivity contribution >= 4 is 35.2 Å². The second-order valence-corrected chi connectivity index (χ2v) is 8.91. The van der Waals surface area contributed by atoms with E-state index in [9.17, 15) is 4.79 Å². The molecule has 26 heavy (non-hydrogen) atoms. The molecule has 1 aromatic rings. The number of carbonyl (C=O) groups excluding carboxylic acids is 1. The van der Waals surface area contributed by atoms with Crippen LogP contribution in [0.15, 0.2) is 34.2 Å². The summed E-state index contributed by atoms with van der Waals surface area (Å²) in [5.74, 6) is 0.936. The number of aliphatic imine (C=N–C) groups is 1. The zero-order chi connectivity index (χ0) is 18.5. The van der Waals surface area contributed by atoms with Gasteiger partial charge in [-0.3, -0.25) is 4.79 Å². The molecule has 0 unspecified atom stereocenters. The summed E-state index contributed by atoms with van der Waals surface area (Å²) in [6, 6.07) is 8.61. The average Bonchev–Trinajstić information content (AvgIpc) is 3.45. The number of guanidine groups is 1. The van der Waals surface area contributed by atoms with E-state index in [1.165, 1.54) is 17.7 Å². The fourth-order valence-electron chi connectivity index (χ4n) is 2.82. The summed E-state index contributed by atoms with van der Waals surface area (Å²) in [5.41, 5.74) is 0. The highest BCUT2D eigenvalue weighted by Crippen LogP contribution is 2.31. The lowest BCUT2D eigenvalue weighted by Crippen LogP contribution is -2.47. The van der Waals surface area contributed by atoms with Crippen LogP contribution in [0.4, 0.5) is 0 Å². The van der Waals surface area contributed by atoms with E-state index in [0.29, 0.717) is 11.3 Å². The number of rotatable bonds is 5. The van der Waals surface area contributed by atoms with Crippen LogP contribution in [0.5, 0.6) is 0 Å². The predicted molar refractivity (Wildman–Crippen MR) is 109 cm³/mol. The molecule has 1 saturated carbocycles. The minimum Gasteiger partial charge on any atom is -0.353 e. The maximum absolute atomic E-state index is 11.9. The Kier molecular flexibility index (Phi) is 6.70. The van der Waals surface area contributed by atoms with Crippen molar-refractivity contribution in [1.82, 2.24) is 15.1 Å². The molecule has 3 rings (SSSR count). The van der Waals surface area contributed by atoms with E-state index in [1.54, 1.807) is 19.0 Å². The summed E-state index contributed by atoms with van der Waals surface area (Å²) < 4.78 is 0. The van der Waals surface area contributed by atoms with E-state index in [4.69, 9.17) is 11.6 Å². The summed E-state index contributed by atoms with van der Waals surface area (Å²) in [6.45, 7) is 2.15. The standard InChI is InChI=1S/C19H27ClN4OS/c1-23(2)18(25)13-21-19(22-15-5-6-15)24-11-9-17(10-12-24)26-16-7-3-14(20)4-8-16/h3-4,7-8,15,17H,5-6,9-13H2,1-2H3,(H,21,22). The SMILES string of the molecule is CN(C)C(=O)CN=C(NC1CC1)N1CCC(Sc2ccc(Cl)cc2)CC1. The van der Waals surface area contributed by atoms with Crippen molar-refractivity contribution in [2.24, 2.45) is 4.99 Å². The third kappa shape index (κ3) is 5.81. The van der Waals surface area contributed by atoms with Gasteiger partial charge in [-0.05, 0) is 49.9 Å². The lowest BCUT2D eigenvalue weighted by atomic mass is 10.1. The van der Waals surface area contributed by atoms with E-state index in [2.05, 4.69) is 27.3 Å². The number of thioether (sulfide) groups is 1. The van der Waals surface area contributed by atoms with Crippen molar-refractivity contribution in [3.8, 4) is 0 Å². The molecule has 0 radical (unpaired) electrons. The molecule has 2 aliphatic rings. The molecule has 1 heterocycles. The van der Waals surface area contributed by atoms with Gasteiger partial charge >= 0.3 is 0 Å². The van der Waals surface area contributed by atoms with Crippen LogP contribution < -0.4 is 5.32 Å². The number of nitrogens with zero attached hydrogens (tertiary/aromatic N) is 3. The number of benzene rings is 1. The smallest absolute Gasteiger partial charge is 0.243 e. The zero-order valence-electron chi connectivity index (χ0n) is 15.4. The Morgan fingerprint density at radius 1 is 1.23 bits per heavy atom. The number of halogens is 1. The van der Waals surface area contributed by atoms with Crippen molar-refractivity contribution in [1.29, 1.82) is 0 Å². The van der Waals surface area contributed by atoms with Crippen LogP contribution in [-0.2, 0) is 4.79 Å². The summed E-state index contributed by atoms with van der Waals surface area (Å²) in [6.07, 6.45) is 4.62. The van der Waals surface area contributed by atoms with Gasteiger partial charge in [-0.25, -0.2) is 4.99 Å². The molecule has 142 valence electrons. The maximum Gasteiger partial charge on any atom is 0.243 e. The molecule has 1 aliphatic carbocycles. The zero-order valence-corrected chi connectivity index (χ0v) is 17.0. The topological polar surface area (TPSA) is 47.9 Å². The monoisotopic (exact) mass is 394 g/mol. The van der Waals surface area contributed by atoms with E-state index >= 15 is 0 Å². The van der Waals surface area contributed by atoms with Crippen molar-refractivity contribution in [3.05, 3.63) is 29.3 Å². The Morgan fingerprint density at radius 2 is 1.88 bits per heavy atom. The van der Waals surface area contributed by atoms with Crippen LogP contribution in [-0.4, -0.2) is 66.7 Å². The van der Waals surface area contributed by atoms with E-state index < -0.39 is 0 Å². The molecule has 1 saturated heterocycles. The van der Waals surface area contributed by atoms with E-state index in [1.807, 2.05) is 23.9 Å². The second-order valence-electron chi connectivity index (χ2n) is 7.10. The van der Waals surface area contributed by atoms with Gasteiger partial charge in [0.25, 0.3) is 0 Å². The highest BCUT2D eigenvalue weighted by Gasteiger charge is 2.27. The van der Waals surface area contributed by atoms with E-state index in [0.717, 1.165) is 36.9 Å². The normalized spacial score (nSPS) is 18.7. The lowest BCUT2D eigenvalue weighted by Gasteiger charge is -2.34. The minimum atomic E-state index is 0.0354. The Hall–Kier alpha value is -1.40. The maximum atomic E-state index is 11.9. The first-order chi connectivity index (χ1) is 12.5. The van der Waals surface area contributed by atoms with Crippen molar-refractivity contribution in [2.75, 3.05) is 33.7 Å². The molecule has 0 spiro atoms. The second kappa shape index (κ2) is 9.00. The van der Waals surface area contributed by atoms with Crippen LogP contribution in [0.3, 0.4) is 0 Å². The number of hydrogen-bond acceptors (Lipinski definition) is 3. The number of hydrogen-bond donors (Lipinski definition) is 1. The van der Waals surface area contributed by atoms with Gasteiger partial charge in [0, 0.05) is 48.4 Å². The number of nitrogens with one attached hydrogen (secondary N) is 1. The van der Waals surface area contributed by atoms with Gasteiger partial charge in [0.1, 0.15) is 6.54 Å². The van der Waals surface area contributed by atoms with Crippen molar-refractivity contribution < 1.29 is 4.79 Å². The molecule has 0 atom stereocenters. The van der Waals surface area contributed by atoms with Crippen LogP contribution in [0, 0.1) is 0 Å². The largest absolute Gasteiger partial charge is 0.353 e. The molecule has 1 aromatic carbocycles. The molecule has 7 heteroatoms. The summed E-state index contributed by atoms with van der Waals surface area (Å²) in [7, 11) is 3.54. The van der Waals surface area contributed by atoms with Crippen LogP contribution in [0.25, 0.3) is 0 Å². The number of likely N-dealkylation sites (N-methyl/N-ethyl adjacent to an activating group) is 1. The summed E-state index contributed by atoms with van der Waals surface area (Å²) >= 11 is 7.89. The third-order valence-corrected chi connectivity index (χ3v) is 6.23. The Labute approximate surface area is 165 Å². The first-order valence-corrected chi connectivity index (χ1v) is 10.5. The molecule has 1 aliphatic heterocycles. The number of likely N-dealkylation sites (tertiary alicyclic amines) is 1. The molecule has 1 N–H and O–H groups in total. The van der Waals surface area contributed by atoms with Crippen molar-refractivity contribution in [3.63, 3.8) is 0 Å². The number of carbonyl (C=O) groups is 1. The first kappa shape index (κ1) is 19.4. The predicted octanol–water partition coefficient (Wildman–Crippen LogP) is 3.09. The summed E-state index contributed by atoms with van der Waals surface area (Å²) in [5, 5.41) is 4.90. The average molecular weight is 395 g/mol. The van der Waals surface area contributed by atoms with Crippen LogP contribution in [0.2, 0.25) is 5.02 Å². The molecule has 2 fully saturated rings. The fourth-order valence-corrected chi connectivity index (χ4v) is 4.07. The lowest BCUT2D eigenvalue weighted by molar-refractivity contribution is -0.127. The van der Waals surface area contributed by atoms with Crippen molar-refractivity contribution in [2.45, 2.75) is 41.9 Å². The van der Waals surface area contributed by atoms with Gasteiger partial charge in [0.05, 0.1) is 0 Å². The van der Waals surface area contributed by atoms with Gasteiger partial charge in [-0.15, -0.1) is 11.8 Å². The van der Waals surface area contributed by atoms with Crippen LogP contribution >= 0.6 is 23.4 Å². The Bertz CT molecular complexity index is 637. The number of amides is 1. The van der Waals surface area contributed by atoms with Gasteiger partial charge in [-0.1, -0.05) is 11.6 Å². The highest BCUT2D eigenvalue weighted by atomic mass is 35.5. The van der Waals surface area contributed by atoms with Gasteiger partial charge in [-0.2, -0.15) is 0 Å². The first-order valence-electron chi connectivity index (χ1n) is 9.19. The highest BCUT2D eigenvalue weighted by molar-refractivity contribution is 8.00. The van der Waals surface area contributed by atoms with Gasteiger partial charge < -0.3 is 15.1 Å². The fraction of sp³-hybridized carbons (Fsp3) is 0.579. The third-order valence-electron chi connectivity index (χ3n) is 4.63. The molecule has 5 nitrogen and oxygen atoms in total. The summed E-state index contributed by atoms with van der Waals surface area (Å²) in [4.78, 5) is 21.6.